The zero-order valence-corrected chi connectivity index (χ0v) is 18.8. The Labute approximate surface area is 180 Å². The Morgan fingerprint density at radius 2 is 2.00 bits per heavy atom. The monoisotopic (exact) mass is 429 g/mol. The lowest BCUT2D eigenvalue weighted by atomic mass is 9.91. The number of nitrogens with zero attached hydrogens (tertiary/aromatic N) is 3. The average Bonchev–Trinajstić information content (AvgIpc) is 3.21. The first-order valence-electron chi connectivity index (χ1n) is 10.0. The Balaban J connectivity index is 1.95. The molecular formula is C22H27N3O4S. The van der Waals surface area contributed by atoms with E-state index < -0.39 is 5.41 Å². The van der Waals surface area contributed by atoms with E-state index >= 15 is 0 Å². The number of thioether (sulfide) groups is 1. The van der Waals surface area contributed by atoms with Gasteiger partial charge in [0.2, 0.25) is 5.91 Å². The molecule has 0 N–H and O–H groups in total. The number of aryl methyl sites for hydroxylation is 1. The van der Waals surface area contributed by atoms with Crippen molar-refractivity contribution in [1.82, 2.24) is 14.5 Å². The van der Waals surface area contributed by atoms with Gasteiger partial charge in [-0.05, 0) is 32.0 Å². The van der Waals surface area contributed by atoms with Crippen molar-refractivity contribution in [3.8, 4) is 0 Å². The number of carbonyl (C=O) groups excluding carboxylic acids is 3. The van der Waals surface area contributed by atoms with Gasteiger partial charge in [0, 0.05) is 18.0 Å². The zero-order chi connectivity index (χ0) is 22.1. The minimum Gasteiger partial charge on any atom is -0.462 e. The SMILES string of the molecule is CCOC(=O)c1ccc2c(c1)nc(CN1C(=O)CS/C1=C\C(=O)C(C)(C)C)n2CC. The number of benzene rings is 1. The third kappa shape index (κ3) is 4.43. The molecule has 160 valence electrons. The molecule has 1 fully saturated rings. The molecule has 1 amide bonds. The second-order valence-corrected chi connectivity index (χ2v) is 9.06. The summed E-state index contributed by atoms with van der Waals surface area (Å²) in [4.78, 5) is 43.3. The molecule has 2 heterocycles. The molecule has 0 spiro atoms. The highest BCUT2D eigenvalue weighted by molar-refractivity contribution is 8.04. The molecule has 1 aromatic heterocycles. The average molecular weight is 430 g/mol. The summed E-state index contributed by atoms with van der Waals surface area (Å²) in [6.07, 6.45) is 1.56. The number of ketones is 1. The Kier molecular flexibility index (Phi) is 6.36. The minimum atomic E-state index is -0.509. The van der Waals surface area contributed by atoms with Gasteiger partial charge in [-0.25, -0.2) is 9.78 Å². The third-order valence-electron chi connectivity index (χ3n) is 4.86. The van der Waals surface area contributed by atoms with Gasteiger partial charge in [0.15, 0.2) is 5.78 Å². The van der Waals surface area contributed by atoms with Crippen LogP contribution in [-0.2, 0) is 27.4 Å². The minimum absolute atomic E-state index is 0.0206. The summed E-state index contributed by atoms with van der Waals surface area (Å²) >= 11 is 1.37. The summed E-state index contributed by atoms with van der Waals surface area (Å²) in [6.45, 7) is 10.6. The number of carbonyl (C=O) groups is 3. The van der Waals surface area contributed by atoms with Crippen LogP contribution in [0.1, 0.15) is 50.8 Å². The fourth-order valence-corrected chi connectivity index (χ4v) is 4.10. The van der Waals surface area contributed by atoms with Crippen molar-refractivity contribution in [2.24, 2.45) is 5.41 Å². The molecule has 7 nitrogen and oxygen atoms in total. The molecule has 0 bridgehead atoms. The van der Waals surface area contributed by atoms with E-state index in [0.29, 0.717) is 40.8 Å². The van der Waals surface area contributed by atoms with E-state index in [-0.39, 0.29) is 24.2 Å². The van der Waals surface area contributed by atoms with Crippen LogP contribution in [0.25, 0.3) is 11.0 Å². The highest BCUT2D eigenvalue weighted by Crippen LogP contribution is 2.32. The molecule has 30 heavy (non-hydrogen) atoms. The fourth-order valence-electron chi connectivity index (χ4n) is 3.16. The number of aromatic nitrogens is 2. The van der Waals surface area contributed by atoms with E-state index in [1.165, 1.54) is 11.8 Å². The summed E-state index contributed by atoms with van der Waals surface area (Å²) in [5.74, 6) is 0.563. The summed E-state index contributed by atoms with van der Waals surface area (Å²) in [6, 6.07) is 5.29. The number of allylic oxidation sites excluding steroid dienone is 1. The van der Waals surface area contributed by atoms with Gasteiger partial charge in [-0.15, -0.1) is 0 Å². The quantitative estimate of drug-likeness (QED) is 0.514. The van der Waals surface area contributed by atoms with Gasteiger partial charge in [0.1, 0.15) is 5.82 Å². The van der Waals surface area contributed by atoms with E-state index in [1.807, 2.05) is 38.3 Å². The number of esters is 1. The summed E-state index contributed by atoms with van der Waals surface area (Å²) in [7, 11) is 0. The normalized spacial score (nSPS) is 16.0. The van der Waals surface area contributed by atoms with E-state index in [2.05, 4.69) is 4.98 Å². The smallest absolute Gasteiger partial charge is 0.338 e. The van der Waals surface area contributed by atoms with Crippen molar-refractivity contribution >= 4 is 40.5 Å². The van der Waals surface area contributed by atoms with E-state index in [1.54, 1.807) is 30.0 Å². The van der Waals surface area contributed by atoms with Crippen LogP contribution in [0.4, 0.5) is 0 Å². The topological polar surface area (TPSA) is 81.5 Å². The van der Waals surface area contributed by atoms with Crippen molar-refractivity contribution in [2.75, 3.05) is 12.4 Å². The predicted octanol–water partition coefficient (Wildman–Crippen LogP) is 3.76. The van der Waals surface area contributed by atoms with Crippen molar-refractivity contribution in [3.05, 3.63) is 40.7 Å². The standard InChI is InChI=1S/C22H27N3O4S/c1-6-24-16-9-8-14(21(28)29-7-2)10-15(16)23-18(24)12-25-19(27)13-30-20(25)11-17(26)22(3,4)5/h8-11H,6-7,12-13H2,1-5H3/b20-11-. The largest absolute Gasteiger partial charge is 0.462 e. The van der Waals surface area contributed by atoms with Gasteiger partial charge in [0.25, 0.3) is 0 Å². The number of ether oxygens (including phenoxy) is 1. The number of hydrogen-bond donors (Lipinski definition) is 0. The molecule has 1 aliphatic rings. The van der Waals surface area contributed by atoms with Gasteiger partial charge < -0.3 is 9.30 Å². The number of rotatable bonds is 6. The van der Waals surface area contributed by atoms with Crippen LogP contribution >= 0.6 is 11.8 Å². The van der Waals surface area contributed by atoms with Crippen LogP contribution in [0.15, 0.2) is 29.3 Å². The molecule has 0 aliphatic carbocycles. The molecule has 8 heteroatoms. The van der Waals surface area contributed by atoms with Crippen LogP contribution in [0, 0.1) is 5.41 Å². The summed E-state index contributed by atoms with van der Waals surface area (Å²) < 4.78 is 7.09. The molecular weight excluding hydrogens is 402 g/mol. The first-order chi connectivity index (χ1) is 14.2. The van der Waals surface area contributed by atoms with E-state index in [0.717, 1.165) is 5.52 Å². The highest BCUT2D eigenvalue weighted by atomic mass is 32.2. The Hall–Kier alpha value is -2.61. The molecule has 0 radical (unpaired) electrons. The molecule has 0 atom stereocenters. The van der Waals surface area contributed by atoms with Crippen LogP contribution in [0.2, 0.25) is 0 Å². The maximum absolute atomic E-state index is 12.5. The number of fused-ring (bicyclic) bond motifs is 1. The number of amides is 1. The molecule has 1 aliphatic heterocycles. The van der Waals surface area contributed by atoms with E-state index in [9.17, 15) is 14.4 Å². The Morgan fingerprint density at radius 3 is 2.63 bits per heavy atom. The fraction of sp³-hybridized carbons (Fsp3) is 0.455. The van der Waals surface area contributed by atoms with Crippen molar-refractivity contribution in [3.63, 3.8) is 0 Å². The maximum Gasteiger partial charge on any atom is 0.338 e. The van der Waals surface area contributed by atoms with Crippen LogP contribution in [0.3, 0.4) is 0 Å². The lowest BCUT2D eigenvalue weighted by Gasteiger charge is -2.19. The van der Waals surface area contributed by atoms with Crippen molar-refractivity contribution in [1.29, 1.82) is 0 Å². The maximum atomic E-state index is 12.5. The molecule has 0 unspecified atom stereocenters. The lowest BCUT2D eigenvalue weighted by Crippen LogP contribution is -2.27. The van der Waals surface area contributed by atoms with Gasteiger partial charge in [-0.3, -0.25) is 14.5 Å². The van der Waals surface area contributed by atoms with Gasteiger partial charge >= 0.3 is 5.97 Å². The van der Waals surface area contributed by atoms with Crippen LogP contribution < -0.4 is 0 Å². The molecule has 3 rings (SSSR count). The molecule has 0 saturated carbocycles. The first-order valence-corrected chi connectivity index (χ1v) is 11.0. The molecule has 2 aromatic rings. The summed E-state index contributed by atoms with van der Waals surface area (Å²) in [5, 5.41) is 0.654. The van der Waals surface area contributed by atoms with Crippen LogP contribution in [0.5, 0.6) is 0 Å². The van der Waals surface area contributed by atoms with Crippen LogP contribution in [-0.4, -0.2) is 44.5 Å². The molecule has 1 saturated heterocycles. The van der Waals surface area contributed by atoms with Crippen molar-refractivity contribution < 1.29 is 19.1 Å². The first kappa shape index (κ1) is 22.1. The number of hydrogen-bond acceptors (Lipinski definition) is 6. The van der Waals surface area contributed by atoms with E-state index in [4.69, 9.17) is 4.74 Å². The molecule has 1 aromatic carbocycles. The van der Waals surface area contributed by atoms with Gasteiger partial charge in [-0.2, -0.15) is 0 Å². The third-order valence-corrected chi connectivity index (χ3v) is 5.88. The number of imidazole rings is 1. The second-order valence-electron chi connectivity index (χ2n) is 8.06. The second kappa shape index (κ2) is 8.63. The predicted molar refractivity (Wildman–Crippen MR) is 117 cm³/mol. The Bertz CT molecular complexity index is 1030. The zero-order valence-electron chi connectivity index (χ0n) is 18.0. The lowest BCUT2D eigenvalue weighted by molar-refractivity contribution is -0.126. The highest BCUT2D eigenvalue weighted by Gasteiger charge is 2.30. The summed E-state index contributed by atoms with van der Waals surface area (Å²) in [5.41, 5.74) is 1.50. The van der Waals surface area contributed by atoms with Crippen molar-refractivity contribution in [2.45, 2.75) is 47.7 Å². The van der Waals surface area contributed by atoms with Gasteiger partial charge in [0.05, 0.1) is 40.5 Å². The van der Waals surface area contributed by atoms with Gasteiger partial charge in [-0.1, -0.05) is 32.5 Å². The Morgan fingerprint density at radius 1 is 1.27 bits per heavy atom.